The maximum absolute atomic E-state index is 5.76. The summed E-state index contributed by atoms with van der Waals surface area (Å²) in [6.07, 6.45) is 5.08. The Balaban J connectivity index is 1.52. The van der Waals surface area contributed by atoms with E-state index in [-0.39, 0.29) is 0 Å². The second-order valence-electron chi connectivity index (χ2n) is 5.35. The van der Waals surface area contributed by atoms with Crippen molar-refractivity contribution in [3.05, 3.63) is 72.2 Å². The van der Waals surface area contributed by atoms with Gasteiger partial charge in [0.15, 0.2) is 5.11 Å². The summed E-state index contributed by atoms with van der Waals surface area (Å²) in [4.78, 5) is 4.05. The van der Waals surface area contributed by atoms with Crippen molar-refractivity contribution in [1.82, 2.24) is 15.7 Å². The summed E-state index contributed by atoms with van der Waals surface area (Å²) < 4.78 is 11.0. The number of pyridine rings is 1. The quantitative estimate of drug-likeness (QED) is 0.396. The highest BCUT2D eigenvalue weighted by atomic mass is 32.1. The van der Waals surface area contributed by atoms with Gasteiger partial charge in [0.2, 0.25) is 0 Å². The third-order valence-corrected chi connectivity index (χ3v) is 3.75. The van der Waals surface area contributed by atoms with Gasteiger partial charge in [0.25, 0.3) is 0 Å². The number of thiocarbonyl (C=S) groups is 1. The molecule has 1 aromatic carbocycles. The number of hydrogen-bond acceptors (Lipinski definition) is 5. The van der Waals surface area contributed by atoms with Crippen LogP contribution in [0, 0.1) is 0 Å². The lowest BCUT2D eigenvalue weighted by molar-refractivity contribution is 0.415. The molecule has 0 unspecified atom stereocenters. The fraction of sp³-hybridized carbons (Fsp3) is 0.105. The van der Waals surface area contributed by atoms with Crippen LogP contribution in [-0.4, -0.2) is 23.4 Å². The first-order chi connectivity index (χ1) is 12.7. The van der Waals surface area contributed by atoms with E-state index in [0.717, 1.165) is 22.6 Å². The normalized spacial score (nSPS) is 10.7. The zero-order valence-corrected chi connectivity index (χ0v) is 15.0. The number of methoxy groups -OCH3 is 1. The van der Waals surface area contributed by atoms with Gasteiger partial charge in [-0.2, -0.15) is 5.10 Å². The number of nitrogens with one attached hydrogen (secondary N) is 2. The van der Waals surface area contributed by atoms with Crippen LogP contribution in [0.1, 0.15) is 11.3 Å². The van der Waals surface area contributed by atoms with Crippen molar-refractivity contribution in [3.8, 4) is 17.1 Å². The Labute approximate surface area is 156 Å². The summed E-state index contributed by atoms with van der Waals surface area (Å²) in [6, 6.07) is 15.2. The summed E-state index contributed by atoms with van der Waals surface area (Å²) in [7, 11) is 1.64. The Morgan fingerprint density at radius 1 is 1.27 bits per heavy atom. The van der Waals surface area contributed by atoms with Crippen LogP contribution in [0.3, 0.4) is 0 Å². The lowest BCUT2D eigenvalue weighted by Gasteiger charge is -2.06. The lowest BCUT2D eigenvalue weighted by atomic mass is 10.2. The maximum atomic E-state index is 5.76. The standard InChI is InChI=1S/C19H18N4O2S/c1-24-16-6-2-5-15(10-16)18-8-7-17(25-18)13-22-23-19(26)21-12-14-4-3-9-20-11-14/h2-11,13H,12H2,1H3,(H2,21,23,26). The first-order valence-corrected chi connectivity index (χ1v) is 8.35. The number of rotatable bonds is 6. The zero-order valence-electron chi connectivity index (χ0n) is 14.2. The first-order valence-electron chi connectivity index (χ1n) is 7.94. The second-order valence-corrected chi connectivity index (χ2v) is 5.76. The Hall–Kier alpha value is -3.19. The second kappa shape index (κ2) is 8.77. The van der Waals surface area contributed by atoms with E-state index in [0.29, 0.717) is 17.4 Å². The van der Waals surface area contributed by atoms with Gasteiger partial charge in [-0.1, -0.05) is 18.2 Å². The minimum absolute atomic E-state index is 0.421. The summed E-state index contributed by atoms with van der Waals surface area (Å²) in [5.74, 6) is 2.13. The van der Waals surface area contributed by atoms with E-state index < -0.39 is 0 Å². The molecule has 3 aromatic rings. The van der Waals surface area contributed by atoms with Gasteiger partial charge in [0.05, 0.1) is 13.3 Å². The van der Waals surface area contributed by atoms with E-state index >= 15 is 0 Å². The molecule has 0 amide bonds. The summed E-state index contributed by atoms with van der Waals surface area (Å²) in [5, 5.41) is 7.55. The van der Waals surface area contributed by atoms with Crippen molar-refractivity contribution in [1.29, 1.82) is 0 Å². The van der Waals surface area contributed by atoms with Crippen LogP contribution in [-0.2, 0) is 6.54 Å². The number of benzene rings is 1. The average Bonchev–Trinajstić information content (AvgIpc) is 3.16. The van der Waals surface area contributed by atoms with Crippen LogP contribution >= 0.6 is 12.2 Å². The molecule has 26 heavy (non-hydrogen) atoms. The molecule has 0 saturated heterocycles. The van der Waals surface area contributed by atoms with E-state index in [1.165, 1.54) is 0 Å². The predicted molar refractivity (Wildman–Crippen MR) is 105 cm³/mol. The first kappa shape index (κ1) is 17.6. The fourth-order valence-corrected chi connectivity index (χ4v) is 2.36. The molecule has 0 bridgehead atoms. The van der Waals surface area contributed by atoms with E-state index in [2.05, 4.69) is 20.8 Å². The van der Waals surface area contributed by atoms with E-state index in [1.54, 1.807) is 25.7 Å². The molecule has 0 aliphatic rings. The molecule has 0 radical (unpaired) electrons. The number of ether oxygens (including phenoxy) is 1. The average molecular weight is 366 g/mol. The minimum atomic E-state index is 0.421. The SMILES string of the molecule is COc1cccc(-c2ccc(C=NNC(=S)NCc3cccnc3)o2)c1. The number of hydrogen-bond donors (Lipinski definition) is 2. The van der Waals surface area contributed by atoms with E-state index in [9.17, 15) is 0 Å². The Morgan fingerprint density at radius 2 is 2.19 bits per heavy atom. The topological polar surface area (TPSA) is 71.7 Å². The van der Waals surface area contributed by atoms with Gasteiger partial charge in [-0.25, -0.2) is 0 Å². The predicted octanol–water partition coefficient (Wildman–Crippen LogP) is 3.35. The largest absolute Gasteiger partial charge is 0.497 e. The summed E-state index contributed by atoms with van der Waals surface area (Å²) >= 11 is 5.18. The van der Waals surface area contributed by atoms with Gasteiger partial charge in [0, 0.05) is 24.5 Å². The molecular formula is C19H18N4O2S. The number of nitrogens with zero attached hydrogens (tertiary/aromatic N) is 2. The molecular weight excluding hydrogens is 348 g/mol. The van der Waals surface area contributed by atoms with Gasteiger partial charge in [-0.05, 0) is 48.1 Å². The molecule has 2 aromatic heterocycles. The van der Waals surface area contributed by atoms with Gasteiger partial charge in [-0.3, -0.25) is 10.4 Å². The molecule has 3 rings (SSSR count). The van der Waals surface area contributed by atoms with Gasteiger partial charge in [-0.15, -0.1) is 0 Å². The highest BCUT2D eigenvalue weighted by Gasteiger charge is 2.04. The van der Waals surface area contributed by atoms with Gasteiger partial charge in [0.1, 0.15) is 17.3 Å². The monoisotopic (exact) mass is 366 g/mol. The maximum Gasteiger partial charge on any atom is 0.187 e. The zero-order chi connectivity index (χ0) is 18.2. The molecule has 0 fully saturated rings. The molecule has 7 heteroatoms. The molecule has 0 aliphatic carbocycles. The summed E-state index contributed by atoms with van der Waals surface area (Å²) in [5.41, 5.74) is 4.73. The molecule has 132 valence electrons. The van der Waals surface area contributed by atoms with E-state index in [1.807, 2.05) is 48.5 Å². The van der Waals surface area contributed by atoms with Crippen LogP contribution in [0.5, 0.6) is 5.75 Å². The minimum Gasteiger partial charge on any atom is -0.497 e. The van der Waals surface area contributed by atoms with Crippen molar-refractivity contribution in [2.24, 2.45) is 5.10 Å². The molecule has 0 saturated carbocycles. The van der Waals surface area contributed by atoms with Crippen molar-refractivity contribution < 1.29 is 9.15 Å². The smallest absolute Gasteiger partial charge is 0.187 e. The van der Waals surface area contributed by atoms with Crippen LogP contribution in [0.2, 0.25) is 0 Å². The van der Waals surface area contributed by atoms with Crippen LogP contribution in [0.25, 0.3) is 11.3 Å². The number of furan rings is 1. The molecule has 6 nitrogen and oxygen atoms in total. The highest BCUT2D eigenvalue weighted by Crippen LogP contribution is 2.25. The lowest BCUT2D eigenvalue weighted by Crippen LogP contribution is -2.31. The highest BCUT2D eigenvalue weighted by molar-refractivity contribution is 7.80. The molecule has 2 N–H and O–H groups in total. The Morgan fingerprint density at radius 3 is 3.00 bits per heavy atom. The van der Waals surface area contributed by atoms with Gasteiger partial charge >= 0.3 is 0 Å². The molecule has 0 aliphatic heterocycles. The Bertz CT molecular complexity index is 893. The molecule has 2 heterocycles. The third kappa shape index (κ3) is 4.90. The van der Waals surface area contributed by atoms with Crippen LogP contribution in [0.4, 0.5) is 0 Å². The van der Waals surface area contributed by atoms with Crippen LogP contribution < -0.4 is 15.5 Å². The number of aromatic nitrogens is 1. The van der Waals surface area contributed by atoms with Crippen molar-refractivity contribution >= 4 is 23.5 Å². The summed E-state index contributed by atoms with van der Waals surface area (Å²) in [6.45, 7) is 0.579. The van der Waals surface area contributed by atoms with Crippen molar-refractivity contribution in [3.63, 3.8) is 0 Å². The van der Waals surface area contributed by atoms with Crippen LogP contribution in [0.15, 0.2) is 70.4 Å². The Kier molecular flexibility index (Phi) is 5.95. The third-order valence-electron chi connectivity index (χ3n) is 3.51. The molecule has 0 atom stereocenters. The van der Waals surface area contributed by atoms with E-state index in [4.69, 9.17) is 21.4 Å². The number of hydrazone groups is 1. The van der Waals surface area contributed by atoms with Crippen molar-refractivity contribution in [2.45, 2.75) is 6.54 Å². The van der Waals surface area contributed by atoms with Gasteiger partial charge < -0.3 is 14.5 Å². The fourth-order valence-electron chi connectivity index (χ4n) is 2.23. The molecule has 0 spiro atoms. The van der Waals surface area contributed by atoms with Crippen molar-refractivity contribution in [2.75, 3.05) is 7.11 Å².